The Morgan fingerprint density at radius 3 is 3.06 bits per heavy atom. The quantitative estimate of drug-likeness (QED) is 0.856. The molecule has 0 amide bonds. The van der Waals surface area contributed by atoms with Crippen LogP contribution in [0.25, 0.3) is 11.0 Å². The van der Waals surface area contributed by atoms with Gasteiger partial charge >= 0.3 is 0 Å². The smallest absolute Gasteiger partial charge is 0.124 e. The van der Waals surface area contributed by atoms with Crippen LogP contribution in [0, 0.1) is 6.92 Å². The molecule has 0 aliphatic rings. The number of rotatable bonds is 4. The molecule has 0 saturated heterocycles. The maximum absolute atomic E-state index is 6.08. The Bertz CT molecular complexity index is 478. The van der Waals surface area contributed by atoms with Crippen molar-refractivity contribution in [1.29, 1.82) is 0 Å². The molecular weight excluding hydrogens is 218 g/mol. The summed E-state index contributed by atoms with van der Waals surface area (Å²) in [6, 6.07) is 6.22. The molecular formula is C12H17N3S. The summed E-state index contributed by atoms with van der Waals surface area (Å²) in [5.74, 6) is 1.96. The zero-order valence-electron chi connectivity index (χ0n) is 9.66. The molecule has 0 saturated carbocycles. The lowest BCUT2D eigenvalue weighted by atomic mass is 10.2. The fourth-order valence-electron chi connectivity index (χ4n) is 1.70. The predicted molar refractivity (Wildman–Crippen MR) is 70.8 cm³/mol. The van der Waals surface area contributed by atoms with E-state index in [0.717, 1.165) is 29.0 Å². The lowest BCUT2D eigenvalue weighted by Crippen LogP contribution is -2.12. The van der Waals surface area contributed by atoms with E-state index in [-0.39, 0.29) is 6.04 Å². The fraction of sp³-hybridized carbons (Fsp3) is 0.417. The number of benzene rings is 1. The topological polar surface area (TPSA) is 54.7 Å². The van der Waals surface area contributed by atoms with Crippen LogP contribution in [0.15, 0.2) is 18.2 Å². The molecule has 1 aromatic carbocycles. The van der Waals surface area contributed by atoms with Crippen LogP contribution in [0.1, 0.15) is 23.9 Å². The molecule has 1 aromatic heterocycles. The predicted octanol–water partition coefficient (Wildman–Crippen LogP) is 2.62. The molecule has 0 radical (unpaired) electrons. The third-order valence-corrected chi connectivity index (χ3v) is 3.28. The first-order valence-corrected chi connectivity index (χ1v) is 6.81. The number of H-pyrrole nitrogens is 1. The Hall–Kier alpha value is -1.00. The minimum atomic E-state index is 0.0140. The van der Waals surface area contributed by atoms with Crippen LogP contribution < -0.4 is 5.73 Å². The van der Waals surface area contributed by atoms with Gasteiger partial charge in [0, 0.05) is 0 Å². The molecule has 0 aliphatic carbocycles. The number of imidazole rings is 1. The third-order valence-electron chi connectivity index (χ3n) is 2.64. The zero-order valence-corrected chi connectivity index (χ0v) is 10.5. The number of thioether (sulfide) groups is 1. The van der Waals surface area contributed by atoms with Gasteiger partial charge in [0.2, 0.25) is 0 Å². The minimum Gasteiger partial charge on any atom is -0.341 e. The summed E-state index contributed by atoms with van der Waals surface area (Å²) in [6.07, 6.45) is 3.05. The van der Waals surface area contributed by atoms with Crippen LogP contribution in [-0.4, -0.2) is 22.0 Å². The van der Waals surface area contributed by atoms with E-state index < -0.39 is 0 Å². The van der Waals surface area contributed by atoms with Crippen LogP contribution in [0.3, 0.4) is 0 Å². The van der Waals surface area contributed by atoms with E-state index >= 15 is 0 Å². The number of fused-ring (bicyclic) bond motifs is 1. The first-order valence-electron chi connectivity index (χ1n) is 5.41. The van der Waals surface area contributed by atoms with Crippen molar-refractivity contribution in [2.45, 2.75) is 19.4 Å². The van der Waals surface area contributed by atoms with Crippen molar-refractivity contribution >= 4 is 22.8 Å². The summed E-state index contributed by atoms with van der Waals surface area (Å²) in [4.78, 5) is 7.82. The number of nitrogens with two attached hydrogens (primary N) is 1. The van der Waals surface area contributed by atoms with Gasteiger partial charge in [-0.3, -0.25) is 0 Å². The summed E-state index contributed by atoms with van der Waals surface area (Å²) in [7, 11) is 0. The number of aromatic amines is 1. The van der Waals surface area contributed by atoms with Crippen molar-refractivity contribution in [2.75, 3.05) is 12.0 Å². The molecule has 2 aromatic rings. The van der Waals surface area contributed by atoms with E-state index in [1.807, 2.05) is 17.8 Å². The van der Waals surface area contributed by atoms with Gasteiger partial charge in [0.1, 0.15) is 5.82 Å². The van der Waals surface area contributed by atoms with Crippen LogP contribution in [-0.2, 0) is 0 Å². The van der Waals surface area contributed by atoms with E-state index in [1.54, 1.807) is 0 Å². The molecule has 0 aliphatic heterocycles. The SMILES string of the molecule is CSCCC(N)c1nc2ccc(C)cc2[nH]1. The highest BCUT2D eigenvalue weighted by Crippen LogP contribution is 2.18. The molecule has 1 heterocycles. The molecule has 0 fully saturated rings. The number of nitrogens with zero attached hydrogens (tertiary/aromatic N) is 1. The minimum absolute atomic E-state index is 0.0140. The van der Waals surface area contributed by atoms with Crippen molar-refractivity contribution in [2.24, 2.45) is 5.73 Å². The molecule has 3 nitrogen and oxygen atoms in total. The van der Waals surface area contributed by atoms with Crippen molar-refractivity contribution in [1.82, 2.24) is 9.97 Å². The zero-order chi connectivity index (χ0) is 11.5. The summed E-state index contributed by atoms with van der Waals surface area (Å²) in [5, 5.41) is 0. The molecule has 3 N–H and O–H groups in total. The number of hydrogen-bond acceptors (Lipinski definition) is 3. The average Bonchev–Trinajstić information content (AvgIpc) is 2.68. The van der Waals surface area contributed by atoms with Crippen molar-refractivity contribution in [3.63, 3.8) is 0 Å². The Labute approximate surface area is 99.8 Å². The Morgan fingerprint density at radius 2 is 2.31 bits per heavy atom. The molecule has 86 valence electrons. The maximum Gasteiger partial charge on any atom is 0.124 e. The lowest BCUT2D eigenvalue weighted by molar-refractivity contribution is 0.666. The second kappa shape index (κ2) is 4.89. The van der Waals surface area contributed by atoms with E-state index in [2.05, 4.69) is 35.3 Å². The van der Waals surface area contributed by atoms with Gasteiger partial charge < -0.3 is 10.7 Å². The molecule has 0 spiro atoms. The highest BCUT2D eigenvalue weighted by molar-refractivity contribution is 7.98. The molecule has 1 unspecified atom stereocenters. The van der Waals surface area contributed by atoms with Crippen molar-refractivity contribution < 1.29 is 0 Å². The number of aryl methyl sites for hydroxylation is 1. The number of nitrogens with one attached hydrogen (secondary N) is 1. The van der Waals surface area contributed by atoms with E-state index in [0.29, 0.717) is 0 Å². The molecule has 1 atom stereocenters. The van der Waals surface area contributed by atoms with Crippen LogP contribution >= 0.6 is 11.8 Å². The normalized spacial score (nSPS) is 13.2. The Balaban J connectivity index is 2.25. The average molecular weight is 235 g/mol. The lowest BCUT2D eigenvalue weighted by Gasteiger charge is -2.06. The summed E-state index contributed by atoms with van der Waals surface area (Å²) < 4.78 is 0. The summed E-state index contributed by atoms with van der Waals surface area (Å²) in [6.45, 7) is 2.08. The summed E-state index contributed by atoms with van der Waals surface area (Å²) in [5.41, 5.74) is 9.39. The van der Waals surface area contributed by atoms with E-state index in [9.17, 15) is 0 Å². The van der Waals surface area contributed by atoms with Crippen LogP contribution in [0.2, 0.25) is 0 Å². The van der Waals surface area contributed by atoms with Gasteiger partial charge in [0.05, 0.1) is 17.1 Å². The Kier molecular flexibility index (Phi) is 3.51. The highest BCUT2D eigenvalue weighted by atomic mass is 32.2. The number of aromatic nitrogens is 2. The monoisotopic (exact) mass is 235 g/mol. The first-order chi connectivity index (χ1) is 7.70. The van der Waals surface area contributed by atoms with E-state index in [4.69, 9.17) is 5.73 Å². The first kappa shape index (κ1) is 11.5. The molecule has 16 heavy (non-hydrogen) atoms. The standard InChI is InChI=1S/C12H17N3S/c1-8-3-4-10-11(7-8)15-12(14-10)9(13)5-6-16-2/h3-4,7,9H,5-6,13H2,1-2H3,(H,14,15). The largest absolute Gasteiger partial charge is 0.341 e. The van der Waals surface area contributed by atoms with Gasteiger partial charge in [0.25, 0.3) is 0 Å². The van der Waals surface area contributed by atoms with Gasteiger partial charge in [-0.05, 0) is 43.0 Å². The van der Waals surface area contributed by atoms with Crippen LogP contribution in [0.4, 0.5) is 0 Å². The maximum atomic E-state index is 6.08. The summed E-state index contributed by atoms with van der Waals surface area (Å²) >= 11 is 1.81. The Morgan fingerprint density at radius 1 is 1.50 bits per heavy atom. The van der Waals surface area contributed by atoms with Crippen LogP contribution in [0.5, 0.6) is 0 Å². The van der Waals surface area contributed by atoms with Crippen molar-refractivity contribution in [3.05, 3.63) is 29.6 Å². The van der Waals surface area contributed by atoms with Gasteiger partial charge in [-0.1, -0.05) is 6.07 Å². The highest BCUT2D eigenvalue weighted by Gasteiger charge is 2.10. The van der Waals surface area contributed by atoms with E-state index in [1.165, 1.54) is 5.56 Å². The van der Waals surface area contributed by atoms with Crippen molar-refractivity contribution in [3.8, 4) is 0 Å². The number of hydrogen-bond donors (Lipinski definition) is 2. The molecule has 0 bridgehead atoms. The second-order valence-electron chi connectivity index (χ2n) is 4.03. The molecule has 2 rings (SSSR count). The van der Waals surface area contributed by atoms with Gasteiger partial charge in [-0.25, -0.2) is 4.98 Å². The van der Waals surface area contributed by atoms with Gasteiger partial charge in [-0.2, -0.15) is 11.8 Å². The van der Waals surface area contributed by atoms with Gasteiger partial charge in [-0.15, -0.1) is 0 Å². The molecule has 4 heteroatoms. The second-order valence-corrected chi connectivity index (χ2v) is 5.02. The third kappa shape index (κ3) is 2.39. The van der Waals surface area contributed by atoms with Gasteiger partial charge in [0.15, 0.2) is 0 Å². The fourth-order valence-corrected chi connectivity index (χ4v) is 2.19.